The summed E-state index contributed by atoms with van der Waals surface area (Å²) in [5, 5.41) is 6.48. The molecular weight excluding hydrogens is 296 g/mol. The lowest BCUT2D eigenvalue weighted by molar-refractivity contribution is -0.119. The Hall–Kier alpha value is -3.18. The number of methoxy groups -OCH3 is 1. The fraction of sp³-hybridized carbons (Fsp3) is 0.188. The molecule has 0 aromatic heterocycles. The van der Waals surface area contributed by atoms with Gasteiger partial charge < -0.3 is 14.8 Å². The van der Waals surface area contributed by atoms with Crippen LogP contribution in [-0.2, 0) is 4.79 Å². The zero-order valence-corrected chi connectivity index (χ0v) is 12.4. The Kier molecular flexibility index (Phi) is 4.03. The van der Waals surface area contributed by atoms with Crippen molar-refractivity contribution in [2.24, 2.45) is 5.11 Å². The van der Waals surface area contributed by atoms with Gasteiger partial charge in [-0.2, -0.15) is 0 Å². The van der Waals surface area contributed by atoms with E-state index in [0.29, 0.717) is 17.2 Å². The van der Waals surface area contributed by atoms with E-state index >= 15 is 0 Å². The van der Waals surface area contributed by atoms with E-state index < -0.39 is 12.1 Å². The van der Waals surface area contributed by atoms with Crippen molar-refractivity contribution < 1.29 is 14.3 Å². The minimum absolute atomic E-state index is 0.387. The summed E-state index contributed by atoms with van der Waals surface area (Å²) in [5.74, 6) is 0.724. The molecule has 2 aromatic carbocycles. The van der Waals surface area contributed by atoms with E-state index in [0.717, 1.165) is 5.56 Å². The Morgan fingerprint density at radius 1 is 1.26 bits per heavy atom. The molecule has 0 bridgehead atoms. The second-order valence-corrected chi connectivity index (χ2v) is 4.96. The number of hydrogen-bond donors (Lipinski definition) is 2. The van der Waals surface area contributed by atoms with Crippen LogP contribution in [0.25, 0.3) is 0 Å². The van der Waals surface area contributed by atoms with Gasteiger partial charge in [-0.1, -0.05) is 30.3 Å². The highest BCUT2D eigenvalue weighted by atomic mass is 16.5. The van der Waals surface area contributed by atoms with Crippen molar-refractivity contribution in [2.45, 2.75) is 12.1 Å². The number of benzene rings is 2. The van der Waals surface area contributed by atoms with Gasteiger partial charge in [0, 0.05) is 6.07 Å². The molecule has 1 amide bonds. The average molecular weight is 311 g/mol. The highest BCUT2D eigenvalue weighted by Gasteiger charge is 2.39. The van der Waals surface area contributed by atoms with Crippen molar-refractivity contribution in [1.29, 1.82) is 5.53 Å². The number of fused-ring (bicyclic) bond motifs is 1. The molecular formula is C16H15N4O3+. The lowest BCUT2D eigenvalue weighted by atomic mass is 10.0. The topological polar surface area (TPSA) is 97.9 Å². The van der Waals surface area contributed by atoms with Crippen molar-refractivity contribution >= 4 is 11.6 Å². The summed E-state index contributed by atoms with van der Waals surface area (Å²) >= 11 is 0. The van der Waals surface area contributed by atoms with Gasteiger partial charge >= 0.3 is 0 Å². The predicted octanol–water partition coefficient (Wildman–Crippen LogP) is 2.69. The lowest BCUT2D eigenvalue weighted by Gasteiger charge is -2.18. The summed E-state index contributed by atoms with van der Waals surface area (Å²) in [4.78, 5) is 15.5. The average Bonchev–Trinajstić information content (AvgIpc) is 2.72. The highest BCUT2D eigenvalue weighted by Crippen LogP contribution is 2.37. The molecule has 0 fully saturated rings. The SMILES string of the molecule is COc1ccc2c(c1)NC(=O)[C@@H](N=[N+]=N)[C@@H](c1ccccc1)O2. The number of carbonyl (C=O) groups is 1. The third-order valence-electron chi connectivity index (χ3n) is 3.56. The first-order valence-corrected chi connectivity index (χ1v) is 7.00. The van der Waals surface area contributed by atoms with Crippen molar-refractivity contribution in [3.05, 3.63) is 54.1 Å². The van der Waals surface area contributed by atoms with Crippen molar-refractivity contribution in [2.75, 3.05) is 12.4 Å². The van der Waals surface area contributed by atoms with Crippen LogP contribution in [-0.4, -0.2) is 19.1 Å². The summed E-state index contributed by atoms with van der Waals surface area (Å²) in [5.41, 5.74) is 8.26. The molecule has 2 N–H and O–H groups in total. The van der Waals surface area contributed by atoms with E-state index in [1.807, 2.05) is 30.3 Å². The standard InChI is InChI=1S/C16H14N4O3/c1-22-11-7-8-13-12(9-11)18-16(21)14(19-20-17)15(23-13)10-5-3-2-4-6-10/h2-9,14-15,17H,1H3/p+1/t14-,15+/m0/s1. The largest absolute Gasteiger partial charge is 0.497 e. The monoisotopic (exact) mass is 311 g/mol. The second kappa shape index (κ2) is 6.29. The van der Waals surface area contributed by atoms with E-state index in [1.54, 1.807) is 25.3 Å². The molecule has 0 saturated heterocycles. The zero-order valence-electron chi connectivity index (χ0n) is 12.4. The van der Waals surface area contributed by atoms with Crippen LogP contribution in [0.2, 0.25) is 0 Å². The lowest BCUT2D eigenvalue weighted by Crippen LogP contribution is -2.32. The fourth-order valence-electron chi connectivity index (χ4n) is 2.45. The number of rotatable bonds is 3. The highest BCUT2D eigenvalue weighted by molar-refractivity contribution is 5.97. The fourth-order valence-corrected chi connectivity index (χ4v) is 2.45. The quantitative estimate of drug-likeness (QED) is 0.673. The molecule has 23 heavy (non-hydrogen) atoms. The third-order valence-corrected chi connectivity index (χ3v) is 3.56. The van der Waals surface area contributed by atoms with Crippen LogP contribution in [0.15, 0.2) is 53.6 Å². The van der Waals surface area contributed by atoms with Crippen LogP contribution in [0.4, 0.5) is 5.69 Å². The van der Waals surface area contributed by atoms with Crippen LogP contribution in [0.1, 0.15) is 11.7 Å². The second-order valence-electron chi connectivity index (χ2n) is 4.96. The molecule has 7 nitrogen and oxygen atoms in total. The summed E-state index contributed by atoms with van der Waals surface area (Å²) in [6, 6.07) is 13.5. The Balaban J connectivity index is 2.08. The maximum Gasteiger partial charge on any atom is 0.261 e. The first-order chi connectivity index (χ1) is 11.2. The molecule has 1 aliphatic heterocycles. The number of anilines is 1. The van der Waals surface area contributed by atoms with E-state index in [1.165, 1.54) is 0 Å². The Morgan fingerprint density at radius 2 is 2.04 bits per heavy atom. The number of nitrogens with zero attached hydrogens (tertiary/aromatic N) is 2. The Morgan fingerprint density at radius 3 is 2.74 bits per heavy atom. The molecule has 2 aromatic rings. The van der Waals surface area contributed by atoms with Gasteiger partial charge in [-0.3, -0.25) is 4.79 Å². The molecule has 0 spiro atoms. The van der Waals surface area contributed by atoms with Crippen LogP contribution < -0.4 is 19.7 Å². The van der Waals surface area contributed by atoms with Gasteiger partial charge in [0.25, 0.3) is 11.9 Å². The molecule has 1 aliphatic rings. The molecule has 116 valence electrons. The number of nitrogens with one attached hydrogen (secondary N) is 2. The molecule has 0 aliphatic carbocycles. The van der Waals surface area contributed by atoms with Crippen molar-refractivity contribution in [3.8, 4) is 11.5 Å². The van der Waals surface area contributed by atoms with Gasteiger partial charge in [0.05, 0.1) is 12.8 Å². The molecule has 1 heterocycles. The smallest absolute Gasteiger partial charge is 0.261 e. The van der Waals surface area contributed by atoms with Gasteiger partial charge in [0.15, 0.2) is 6.10 Å². The summed E-state index contributed by atoms with van der Waals surface area (Å²) in [6.45, 7) is 0. The molecule has 0 saturated carbocycles. The Labute approximate surface area is 132 Å². The van der Waals surface area contributed by atoms with Gasteiger partial charge in [0.2, 0.25) is 4.91 Å². The van der Waals surface area contributed by atoms with Crippen molar-refractivity contribution in [3.63, 3.8) is 0 Å². The maximum atomic E-state index is 12.5. The number of carbonyl (C=O) groups excluding carboxylic acids is 1. The summed E-state index contributed by atoms with van der Waals surface area (Å²) in [7, 11) is 1.55. The van der Waals surface area contributed by atoms with Crippen LogP contribution >= 0.6 is 0 Å². The van der Waals surface area contributed by atoms with E-state index in [9.17, 15) is 4.79 Å². The molecule has 7 heteroatoms. The minimum Gasteiger partial charge on any atom is -0.497 e. The van der Waals surface area contributed by atoms with Gasteiger partial charge in [-0.25, -0.2) is 0 Å². The predicted molar refractivity (Wildman–Crippen MR) is 82.5 cm³/mol. The van der Waals surface area contributed by atoms with E-state index in [2.05, 4.69) is 15.3 Å². The summed E-state index contributed by atoms with van der Waals surface area (Å²) in [6.07, 6.45) is -0.667. The number of ether oxygens (including phenoxy) is 2. The Bertz CT molecular complexity index is 772. The third kappa shape index (κ3) is 2.90. The molecule has 0 radical (unpaired) electrons. The number of amides is 1. The molecule has 3 rings (SSSR count). The first kappa shape index (κ1) is 14.7. The maximum absolute atomic E-state index is 12.5. The summed E-state index contributed by atoms with van der Waals surface area (Å²) < 4.78 is 11.2. The van der Waals surface area contributed by atoms with Crippen LogP contribution in [0.3, 0.4) is 0 Å². The van der Waals surface area contributed by atoms with E-state index in [4.69, 9.17) is 15.0 Å². The van der Waals surface area contributed by atoms with Gasteiger partial charge in [0.1, 0.15) is 22.1 Å². The molecule has 2 atom stereocenters. The van der Waals surface area contributed by atoms with Crippen LogP contribution in [0, 0.1) is 5.53 Å². The molecule has 0 unspecified atom stereocenters. The van der Waals surface area contributed by atoms with Gasteiger partial charge in [-0.05, 0) is 17.7 Å². The van der Waals surface area contributed by atoms with Crippen molar-refractivity contribution in [1.82, 2.24) is 4.91 Å². The zero-order chi connectivity index (χ0) is 16.2. The van der Waals surface area contributed by atoms with Crippen LogP contribution in [0.5, 0.6) is 11.5 Å². The first-order valence-electron chi connectivity index (χ1n) is 7.00. The van der Waals surface area contributed by atoms with Gasteiger partial charge in [-0.15, -0.1) is 0 Å². The van der Waals surface area contributed by atoms with E-state index in [-0.39, 0.29) is 5.91 Å². The number of hydrogen-bond acceptors (Lipinski definition) is 5. The normalized spacial score (nSPS) is 19.4. The minimum atomic E-state index is -0.951.